The van der Waals surface area contributed by atoms with Crippen molar-refractivity contribution in [1.82, 2.24) is 5.32 Å². The minimum atomic E-state index is -0.920. The molecule has 1 heterocycles. The Kier molecular flexibility index (Phi) is 5.21. The van der Waals surface area contributed by atoms with Gasteiger partial charge in [-0.2, -0.15) is 0 Å². The van der Waals surface area contributed by atoms with Crippen molar-refractivity contribution in [3.63, 3.8) is 0 Å². The molecule has 0 fully saturated rings. The summed E-state index contributed by atoms with van der Waals surface area (Å²) in [5.41, 5.74) is -0.177. The van der Waals surface area contributed by atoms with Crippen molar-refractivity contribution in [1.29, 1.82) is 0 Å². The van der Waals surface area contributed by atoms with Crippen LogP contribution in [-0.2, 0) is 9.53 Å². The van der Waals surface area contributed by atoms with E-state index in [9.17, 15) is 9.59 Å². The van der Waals surface area contributed by atoms with Crippen molar-refractivity contribution in [3.05, 3.63) is 17.7 Å². The SMILES string of the molecule is COc1cc(C(=O)O[C@H](C)C(=O)NC(C)(C)C)cc2c1OCCO2. The molecule has 0 aromatic heterocycles. The van der Waals surface area contributed by atoms with E-state index in [0.717, 1.165) is 0 Å². The zero-order chi connectivity index (χ0) is 17.9. The van der Waals surface area contributed by atoms with Crippen LogP contribution in [0.4, 0.5) is 0 Å². The van der Waals surface area contributed by atoms with Crippen molar-refractivity contribution in [3.8, 4) is 17.2 Å². The van der Waals surface area contributed by atoms with Gasteiger partial charge in [-0.3, -0.25) is 4.79 Å². The van der Waals surface area contributed by atoms with Gasteiger partial charge in [0, 0.05) is 5.54 Å². The van der Waals surface area contributed by atoms with Crippen LogP contribution in [0.15, 0.2) is 12.1 Å². The molecule has 0 bridgehead atoms. The number of carbonyl (C=O) groups is 2. The van der Waals surface area contributed by atoms with Crippen molar-refractivity contribution in [2.75, 3.05) is 20.3 Å². The van der Waals surface area contributed by atoms with Crippen molar-refractivity contribution < 1.29 is 28.5 Å². The van der Waals surface area contributed by atoms with E-state index in [2.05, 4.69) is 5.32 Å². The molecule has 7 nitrogen and oxygen atoms in total. The van der Waals surface area contributed by atoms with Crippen molar-refractivity contribution in [2.45, 2.75) is 39.3 Å². The number of ether oxygens (including phenoxy) is 4. The van der Waals surface area contributed by atoms with Crippen LogP contribution in [0.1, 0.15) is 38.1 Å². The molecule has 1 N–H and O–H groups in total. The van der Waals surface area contributed by atoms with E-state index in [1.807, 2.05) is 20.8 Å². The summed E-state index contributed by atoms with van der Waals surface area (Å²) in [4.78, 5) is 24.3. The molecule has 2 rings (SSSR count). The van der Waals surface area contributed by atoms with Gasteiger partial charge in [-0.1, -0.05) is 0 Å². The van der Waals surface area contributed by atoms with E-state index >= 15 is 0 Å². The fourth-order valence-electron chi connectivity index (χ4n) is 2.14. The van der Waals surface area contributed by atoms with Crippen LogP contribution in [0.3, 0.4) is 0 Å². The highest BCUT2D eigenvalue weighted by Crippen LogP contribution is 2.40. The van der Waals surface area contributed by atoms with Crippen LogP contribution >= 0.6 is 0 Å². The number of amides is 1. The number of carbonyl (C=O) groups excluding carboxylic acids is 2. The monoisotopic (exact) mass is 337 g/mol. The van der Waals surface area contributed by atoms with Gasteiger partial charge in [0.15, 0.2) is 17.6 Å². The topological polar surface area (TPSA) is 83.1 Å². The van der Waals surface area contributed by atoms with Gasteiger partial charge in [0.25, 0.3) is 5.91 Å². The molecule has 0 unspecified atom stereocenters. The molecule has 1 atom stereocenters. The Labute approximate surface area is 141 Å². The van der Waals surface area contributed by atoms with Crippen molar-refractivity contribution >= 4 is 11.9 Å². The second kappa shape index (κ2) is 6.98. The van der Waals surface area contributed by atoms with Crippen LogP contribution in [0, 0.1) is 0 Å². The zero-order valence-electron chi connectivity index (χ0n) is 14.6. The Morgan fingerprint density at radius 1 is 1.21 bits per heavy atom. The highest BCUT2D eigenvalue weighted by molar-refractivity contribution is 5.93. The molecule has 24 heavy (non-hydrogen) atoms. The summed E-state index contributed by atoms with van der Waals surface area (Å²) in [6.07, 6.45) is -0.920. The van der Waals surface area contributed by atoms with Gasteiger partial charge in [-0.05, 0) is 39.8 Å². The van der Waals surface area contributed by atoms with E-state index in [1.165, 1.54) is 26.2 Å². The number of nitrogens with one attached hydrogen (secondary N) is 1. The van der Waals surface area contributed by atoms with Gasteiger partial charge in [0.05, 0.1) is 12.7 Å². The second-order valence-corrected chi connectivity index (χ2v) is 6.49. The first-order valence-corrected chi connectivity index (χ1v) is 7.72. The van der Waals surface area contributed by atoms with Gasteiger partial charge in [-0.25, -0.2) is 4.79 Å². The predicted molar refractivity (Wildman–Crippen MR) is 86.8 cm³/mol. The van der Waals surface area contributed by atoms with Gasteiger partial charge in [0.2, 0.25) is 5.75 Å². The fourth-order valence-corrected chi connectivity index (χ4v) is 2.14. The highest BCUT2D eigenvalue weighted by atomic mass is 16.6. The highest BCUT2D eigenvalue weighted by Gasteiger charge is 2.25. The number of benzene rings is 1. The van der Waals surface area contributed by atoms with Gasteiger partial charge < -0.3 is 24.3 Å². The molecule has 0 aliphatic carbocycles. The number of rotatable bonds is 4. The average Bonchev–Trinajstić information content (AvgIpc) is 2.51. The summed E-state index contributed by atoms with van der Waals surface area (Å²) in [7, 11) is 1.47. The van der Waals surface area contributed by atoms with E-state index in [4.69, 9.17) is 18.9 Å². The number of esters is 1. The van der Waals surface area contributed by atoms with Crippen molar-refractivity contribution in [2.24, 2.45) is 0 Å². The first-order valence-electron chi connectivity index (χ1n) is 7.72. The first kappa shape index (κ1) is 17.9. The van der Waals surface area contributed by atoms with E-state index in [-0.39, 0.29) is 11.5 Å². The number of methoxy groups -OCH3 is 1. The lowest BCUT2D eigenvalue weighted by atomic mass is 10.1. The van der Waals surface area contributed by atoms with Crippen LogP contribution in [-0.4, -0.2) is 43.8 Å². The number of hydrogen-bond donors (Lipinski definition) is 1. The molecule has 0 spiro atoms. The Balaban J connectivity index is 2.13. The van der Waals surface area contributed by atoms with Gasteiger partial charge >= 0.3 is 5.97 Å². The summed E-state index contributed by atoms with van der Waals surface area (Å²) in [6, 6.07) is 3.03. The lowest BCUT2D eigenvalue weighted by Gasteiger charge is -2.23. The molecule has 1 amide bonds. The fraction of sp³-hybridized carbons (Fsp3) is 0.529. The molecule has 1 aromatic carbocycles. The molecule has 132 valence electrons. The van der Waals surface area contributed by atoms with Gasteiger partial charge in [0.1, 0.15) is 13.2 Å². The number of hydrogen-bond acceptors (Lipinski definition) is 6. The van der Waals surface area contributed by atoms with E-state index in [1.54, 1.807) is 0 Å². The lowest BCUT2D eigenvalue weighted by molar-refractivity contribution is -0.130. The Bertz CT molecular complexity index is 617. The third-order valence-corrected chi connectivity index (χ3v) is 3.21. The quantitative estimate of drug-likeness (QED) is 0.845. The lowest BCUT2D eigenvalue weighted by Crippen LogP contribution is -2.46. The molecule has 1 aromatic rings. The molecule has 7 heteroatoms. The van der Waals surface area contributed by atoms with Crippen LogP contribution in [0.25, 0.3) is 0 Å². The minimum absolute atomic E-state index is 0.228. The molecular weight excluding hydrogens is 314 g/mol. The minimum Gasteiger partial charge on any atom is -0.493 e. The third kappa shape index (κ3) is 4.31. The third-order valence-electron chi connectivity index (χ3n) is 3.21. The predicted octanol–water partition coefficient (Wildman–Crippen LogP) is 1.93. The molecular formula is C17H23NO6. The Morgan fingerprint density at radius 3 is 2.50 bits per heavy atom. The van der Waals surface area contributed by atoms with Gasteiger partial charge in [-0.15, -0.1) is 0 Å². The Hall–Kier alpha value is -2.44. The summed E-state index contributed by atoms with van der Waals surface area (Å²) in [5.74, 6) is 0.256. The smallest absolute Gasteiger partial charge is 0.339 e. The standard InChI is InChI=1S/C17H23NO6/c1-10(15(19)18-17(2,3)4)24-16(20)11-8-12(21-5)14-13(9-11)22-6-7-23-14/h8-10H,6-7H2,1-5H3,(H,18,19)/t10-/m1/s1. The number of fused-ring (bicyclic) bond motifs is 1. The van der Waals surface area contributed by atoms with Crippen LogP contribution in [0.5, 0.6) is 17.2 Å². The summed E-state index contributed by atoms with van der Waals surface area (Å²) in [6.45, 7) is 7.88. The molecule has 0 radical (unpaired) electrons. The maximum Gasteiger partial charge on any atom is 0.339 e. The molecule has 1 aliphatic heterocycles. The molecule has 0 saturated heterocycles. The van der Waals surface area contributed by atoms with E-state index in [0.29, 0.717) is 30.5 Å². The maximum atomic E-state index is 12.3. The average molecular weight is 337 g/mol. The maximum absolute atomic E-state index is 12.3. The zero-order valence-corrected chi connectivity index (χ0v) is 14.6. The van der Waals surface area contributed by atoms with Crippen LogP contribution in [0.2, 0.25) is 0 Å². The molecule has 1 aliphatic rings. The van der Waals surface area contributed by atoms with E-state index < -0.39 is 17.6 Å². The summed E-state index contributed by atoms with van der Waals surface area (Å²) < 4.78 is 21.4. The first-order chi connectivity index (χ1) is 11.2. The largest absolute Gasteiger partial charge is 0.493 e. The Morgan fingerprint density at radius 2 is 1.88 bits per heavy atom. The van der Waals surface area contributed by atoms with Crippen LogP contribution < -0.4 is 19.5 Å². The normalized spacial score (nSPS) is 14.5. The summed E-state index contributed by atoms with van der Waals surface area (Å²) >= 11 is 0. The molecule has 0 saturated carbocycles. The second-order valence-electron chi connectivity index (χ2n) is 6.49. The summed E-state index contributed by atoms with van der Waals surface area (Å²) in [5, 5.41) is 2.76.